The number of hydrogen-bond acceptors (Lipinski definition) is 6. The summed E-state index contributed by atoms with van der Waals surface area (Å²) < 4.78 is 34.4. The van der Waals surface area contributed by atoms with Gasteiger partial charge in [0.05, 0.1) is 31.8 Å². The quantitative estimate of drug-likeness (QED) is 0.686. The molecule has 0 spiro atoms. The zero-order valence-corrected chi connectivity index (χ0v) is 16.6. The Labute approximate surface area is 161 Å². The maximum Gasteiger partial charge on any atom is 0.254 e. The molecule has 2 aliphatic heterocycles. The molecule has 0 N–H and O–H groups in total. The second-order valence-corrected chi connectivity index (χ2v) is 9.32. The Morgan fingerprint density at radius 1 is 1.26 bits per heavy atom. The fourth-order valence-electron chi connectivity index (χ4n) is 3.66. The number of nitrogens with zero attached hydrogens (tertiary/aromatic N) is 2. The number of benzene rings is 1. The van der Waals surface area contributed by atoms with Crippen LogP contribution in [-0.4, -0.2) is 88.2 Å². The van der Waals surface area contributed by atoms with Crippen molar-refractivity contribution in [2.75, 3.05) is 58.0 Å². The molecule has 27 heavy (non-hydrogen) atoms. The molecule has 7 nitrogen and oxygen atoms in total. The first-order valence-electron chi connectivity index (χ1n) is 9.44. The summed E-state index contributed by atoms with van der Waals surface area (Å²) in [4.78, 5) is 17.2. The highest BCUT2D eigenvalue weighted by Gasteiger charge is 2.34. The van der Waals surface area contributed by atoms with Crippen molar-refractivity contribution in [3.63, 3.8) is 0 Å². The maximum absolute atomic E-state index is 13.1. The SMILES string of the molecule is COc1ccc(C(=O)N(CCCN2CCOCC2)C2CCS(=O)(=O)C2)cc1. The van der Waals surface area contributed by atoms with Crippen molar-refractivity contribution in [1.82, 2.24) is 9.80 Å². The summed E-state index contributed by atoms with van der Waals surface area (Å²) >= 11 is 0. The van der Waals surface area contributed by atoms with Crippen LogP contribution in [0.25, 0.3) is 0 Å². The molecule has 2 saturated heterocycles. The molecular weight excluding hydrogens is 368 g/mol. The second kappa shape index (κ2) is 9.03. The molecule has 2 fully saturated rings. The zero-order valence-electron chi connectivity index (χ0n) is 15.8. The Bertz CT molecular complexity index is 729. The number of ether oxygens (including phenoxy) is 2. The van der Waals surface area contributed by atoms with Gasteiger partial charge in [-0.2, -0.15) is 0 Å². The Morgan fingerprint density at radius 2 is 1.96 bits per heavy atom. The van der Waals surface area contributed by atoms with E-state index in [1.54, 1.807) is 36.3 Å². The van der Waals surface area contributed by atoms with E-state index in [1.165, 1.54) is 0 Å². The van der Waals surface area contributed by atoms with Crippen LogP contribution < -0.4 is 4.74 Å². The molecular formula is C19H28N2O5S. The molecule has 1 unspecified atom stereocenters. The van der Waals surface area contributed by atoms with E-state index >= 15 is 0 Å². The molecule has 2 heterocycles. The van der Waals surface area contributed by atoms with E-state index in [4.69, 9.17) is 9.47 Å². The summed E-state index contributed by atoms with van der Waals surface area (Å²) in [5, 5.41) is 0. The Morgan fingerprint density at radius 3 is 2.56 bits per heavy atom. The predicted octanol–water partition coefficient (Wildman–Crippen LogP) is 1.05. The maximum atomic E-state index is 13.1. The van der Waals surface area contributed by atoms with Gasteiger partial charge in [-0.05, 0) is 37.1 Å². The number of sulfone groups is 1. The number of rotatable bonds is 7. The van der Waals surface area contributed by atoms with E-state index in [0.29, 0.717) is 24.3 Å². The average Bonchev–Trinajstić information content (AvgIpc) is 3.05. The molecule has 1 aromatic carbocycles. The number of carbonyl (C=O) groups is 1. The monoisotopic (exact) mass is 396 g/mol. The lowest BCUT2D eigenvalue weighted by Gasteiger charge is -2.31. The lowest BCUT2D eigenvalue weighted by atomic mass is 10.1. The number of morpholine rings is 1. The Kier molecular flexibility index (Phi) is 6.73. The third-order valence-corrected chi connectivity index (χ3v) is 6.97. The van der Waals surface area contributed by atoms with Crippen LogP contribution in [0.15, 0.2) is 24.3 Å². The van der Waals surface area contributed by atoms with E-state index in [9.17, 15) is 13.2 Å². The highest BCUT2D eigenvalue weighted by Crippen LogP contribution is 2.21. The number of hydrogen-bond donors (Lipinski definition) is 0. The van der Waals surface area contributed by atoms with Gasteiger partial charge in [-0.15, -0.1) is 0 Å². The van der Waals surface area contributed by atoms with Crippen molar-refractivity contribution in [3.05, 3.63) is 29.8 Å². The van der Waals surface area contributed by atoms with Gasteiger partial charge in [-0.3, -0.25) is 9.69 Å². The minimum absolute atomic E-state index is 0.0620. The minimum Gasteiger partial charge on any atom is -0.497 e. The lowest BCUT2D eigenvalue weighted by molar-refractivity contribution is 0.0349. The molecule has 0 radical (unpaired) electrons. The number of methoxy groups -OCH3 is 1. The first-order valence-corrected chi connectivity index (χ1v) is 11.3. The van der Waals surface area contributed by atoms with Crippen molar-refractivity contribution >= 4 is 15.7 Å². The van der Waals surface area contributed by atoms with Crippen molar-refractivity contribution in [2.24, 2.45) is 0 Å². The van der Waals surface area contributed by atoms with Crippen LogP contribution >= 0.6 is 0 Å². The van der Waals surface area contributed by atoms with Gasteiger partial charge in [0.2, 0.25) is 0 Å². The van der Waals surface area contributed by atoms with Gasteiger partial charge in [0.1, 0.15) is 5.75 Å². The molecule has 0 aliphatic carbocycles. The molecule has 2 aliphatic rings. The minimum atomic E-state index is -3.05. The smallest absolute Gasteiger partial charge is 0.254 e. The summed E-state index contributed by atoms with van der Waals surface area (Å²) in [5.41, 5.74) is 0.562. The summed E-state index contributed by atoms with van der Waals surface area (Å²) in [5.74, 6) is 0.801. The standard InChI is InChI=1S/C19H28N2O5S/c1-25-18-5-3-16(4-6-18)19(22)21(17-7-14-27(23,24)15-17)9-2-8-20-10-12-26-13-11-20/h3-6,17H,2,7-15H2,1H3. The molecule has 8 heteroatoms. The van der Waals surface area contributed by atoms with Crippen LogP contribution in [0.5, 0.6) is 5.75 Å². The first-order chi connectivity index (χ1) is 13.0. The van der Waals surface area contributed by atoms with Crippen molar-refractivity contribution < 1.29 is 22.7 Å². The molecule has 150 valence electrons. The summed E-state index contributed by atoms with van der Waals surface area (Å²) in [7, 11) is -1.47. The van der Waals surface area contributed by atoms with E-state index < -0.39 is 9.84 Å². The van der Waals surface area contributed by atoms with E-state index in [1.807, 2.05) is 0 Å². The molecule has 3 rings (SSSR count). The van der Waals surface area contributed by atoms with E-state index in [-0.39, 0.29) is 23.5 Å². The van der Waals surface area contributed by atoms with E-state index in [0.717, 1.165) is 39.3 Å². The van der Waals surface area contributed by atoms with Gasteiger partial charge in [0, 0.05) is 37.8 Å². The normalized spacial score (nSPS) is 22.5. The molecule has 0 bridgehead atoms. The largest absolute Gasteiger partial charge is 0.497 e. The summed E-state index contributed by atoms with van der Waals surface area (Å²) in [6, 6.07) is 6.74. The Hall–Kier alpha value is -1.64. The van der Waals surface area contributed by atoms with Gasteiger partial charge in [0.25, 0.3) is 5.91 Å². The van der Waals surface area contributed by atoms with Gasteiger partial charge in [-0.1, -0.05) is 0 Å². The Balaban J connectivity index is 1.67. The molecule has 0 saturated carbocycles. The molecule has 0 aromatic heterocycles. The third-order valence-electron chi connectivity index (χ3n) is 5.22. The van der Waals surface area contributed by atoms with E-state index in [2.05, 4.69) is 4.90 Å². The topological polar surface area (TPSA) is 76.2 Å². The highest BCUT2D eigenvalue weighted by molar-refractivity contribution is 7.91. The lowest BCUT2D eigenvalue weighted by Crippen LogP contribution is -2.43. The zero-order chi connectivity index (χ0) is 19.3. The second-order valence-electron chi connectivity index (χ2n) is 7.09. The van der Waals surface area contributed by atoms with Crippen LogP contribution in [0.3, 0.4) is 0 Å². The summed E-state index contributed by atoms with van der Waals surface area (Å²) in [6.45, 7) is 4.75. The fraction of sp³-hybridized carbons (Fsp3) is 0.632. The number of carbonyl (C=O) groups excluding carboxylic acids is 1. The predicted molar refractivity (Wildman–Crippen MR) is 103 cm³/mol. The first kappa shape index (κ1) is 20.1. The van der Waals surface area contributed by atoms with Crippen molar-refractivity contribution in [1.29, 1.82) is 0 Å². The van der Waals surface area contributed by atoms with Crippen LogP contribution in [0.1, 0.15) is 23.2 Å². The highest BCUT2D eigenvalue weighted by atomic mass is 32.2. The number of amides is 1. The van der Waals surface area contributed by atoms with Crippen LogP contribution in [0.2, 0.25) is 0 Å². The van der Waals surface area contributed by atoms with Crippen LogP contribution in [0.4, 0.5) is 0 Å². The van der Waals surface area contributed by atoms with Gasteiger partial charge in [-0.25, -0.2) is 8.42 Å². The van der Waals surface area contributed by atoms with Gasteiger partial charge in [0.15, 0.2) is 9.84 Å². The third kappa shape index (κ3) is 5.43. The summed E-state index contributed by atoms with van der Waals surface area (Å²) in [6.07, 6.45) is 1.33. The molecule has 1 atom stereocenters. The van der Waals surface area contributed by atoms with Gasteiger partial charge < -0.3 is 14.4 Å². The van der Waals surface area contributed by atoms with Crippen molar-refractivity contribution in [2.45, 2.75) is 18.9 Å². The fourth-order valence-corrected chi connectivity index (χ4v) is 5.39. The van der Waals surface area contributed by atoms with Crippen LogP contribution in [0, 0.1) is 0 Å². The average molecular weight is 397 g/mol. The van der Waals surface area contributed by atoms with Crippen LogP contribution in [-0.2, 0) is 14.6 Å². The molecule has 1 amide bonds. The molecule has 1 aromatic rings. The van der Waals surface area contributed by atoms with Gasteiger partial charge >= 0.3 is 0 Å². The van der Waals surface area contributed by atoms with Crippen molar-refractivity contribution in [3.8, 4) is 5.75 Å².